The first-order chi connectivity index (χ1) is 6.21. The minimum atomic E-state index is -0.265. The third kappa shape index (κ3) is 3.20. The second-order valence-corrected chi connectivity index (χ2v) is 5.14. The van der Waals surface area contributed by atoms with Crippen molar-refractivity contribution >= 4 is 6.09 Å². The lowest BCUT2D eigenvalue weighted by Gasteiger charge is -2.40. The van der Waals surface area contributed by atoms with Gasteiger partial charge in [0.2, 0.25) is 0 Å². The van der Waals surface area contributed by atoms with Crippen molar-refractivity contribution in [3.05, 3.63) is 0 Å². The van der Waals surface area contributed by atoms with Crippen LogP contribution >= 0.6 is 0 Å². The zero-order chi connectivity index (χ0) is 11.5. The van der Waals surface area contributed by atoms with E-state index < -0.39 is 0 Å². The Labute approximate surface area is 87.4 Å². The van der Waals surface area contributed by atoms with Gasteiger partial charge in [-0.05, 0) is 11.3 Å². The van der Waals surface area contributed by atoms with E-state index in [0.717, 1.165) is 0 Å². The van der Waals surface area contributed by atoms with Gasteiger partial charge in [-0.1, -0.05) is 34.6 Å². The molecule has 1 atom stereocenters. The van der Waals surface area contributed by atoms with E-state index in [9.17, 15) is 4.79 Å². The molecule has 0 fully saturated rings. The maximum Gasteiger partial charge on any atom is 0.409 e. The summed E-state index contributed by atoms with van der Waals surface area (Å²) < 4.78 is 4.73. The third-order valence-electron chi connectivity index (χ3n) is 2.40. The molecule has 1 unspecified atom stereocenters. The molecule has 0 radical (unpaired) electrons. The van der Waals surface area contributed by atoms with Gasteiger partial charge in [-0.3, -0.25) is 0 Å². The van der Waals surface area contributed by atoms with Gasteiger partial charge in [-0.15, -0.1) is 0 Å². The highest BCUT2D eigenvalue weighted by Gasteiger charge is 2.33. The van der Waals surface area contributed by atoms with E-state index in [4.69, 9.17) is 4.74 Å². The Morgan fingerprint density at radius 1 is 1.29 bits per heavy atom. The fourth-order valence-corrected chi connectivity index (χ4v) is 2.29. The second-order valence-electron chi connectivity index (χ2n) is 5.14. The molecule has 0 N–H and O–H groups in total. The van der Waals surface area contributed by atoms with Crippen LogP contribution in [0.4, 0.5) is 4.79 Å². The van der Waals surface area contributed by atoms with E-state index in [0.29, 0.717) is 5.92 Å². The highest BCUT2D eigenvalue weighted by Crippen LogP contribution is 2.29. The first kappa shape index (κ1) is 13.3. The summed E-state index contributed by atoms with van der Waals surface area (Å²) in [4.78, 5) is 13.1. The molecule has 14 heavy (non-hydrogen) atoms. The van der Waals surface area contributed by atoms with Crippen molar-refractivity contribution in [2.24, 2.45) is 11.3 Å². The molecule has 0 aromatic carbocycles. The van der Waals surface area contributed by atoms with Crippen molar-refractivity contribution in [3.8, 4) is 0 Å². The van der Waals surface area contributed by atoms with Crippen LogP contribution in [-0.2, 0) is 4.74 Å². The van der Waals surface area contributed by atoms with E-state index in [1.165, 1.54) is 7.11 Å². The van der Waals surface area contributed by atoms with Crippen LogP contribution in [0, 0.1) is 11.3 Å². The molecule has 0 rings (SSSR count). The lowest BCUT2D eigenvalue weighted by atomic mass is 9.79. The summed E-state index contributed by atoms with van der Waals surface area (Å²) in [6.07, 6.45) is -0.265. The summed E-state index contributed by atoms with van der Waals surface area (Å²) in [6.45, 7) is 10.6. The summed E-state index contributed by atoms with van der Waals surface area (Å²) in [5, 5.41) is 0. The fourth-order valence-electron chi connectivity index (χ4n) is 2.29. The summed E-state index contributed by atoms with van der Waals surface area (Å²) >= 11 is 0. The monoisotopic (exact) mass is 201 g/mol. The van der Waals surface area contributed by atoms with Crippen LogP contribution in [0.25, 0.3) is 0 Å². The maximum absolute atomic E-state index is 11.4. The zero-order valence-electron chi connectivity index (χ0n) is 10.4. The number of amides is 1. The first-order valence-electron chi connectivity index (χ1n) is 5.02. The van der Waals surface area contributed by atoms with Gasteiger partial charge >= 0.3 is 6.09 Å². The number of methoxy groups -OCH3 is 1. The Morgan fingerprint density at radius 3 is 1.93 bits per heavy atom. The SMILES string of the molecule is COC(=O)N(C)C(C(C)C)C(C)(C)C. The summed E-state index contributed by atoms with van der Waals surface area (Å²) in [6, 6.07) is 0.190. The normalized spacial score (nSPS) is 14.0. The number of rotatable bonds is 2. The molecule has 0 saturated carbocycles. The standard InChI is InChI=1S/C11H23NO2/c1-8(2)9(11(3,4)5)12(6)10(13)14-7/h8-9H,1-7H3. The largest absolute Gasteiger partial charge is 0.453 e. The molecule has 0 heterocycles. The van der Waals surface area contributed by atoms with Gasteiger partial charge in [0.05, 0.1) is 7.11 Å². The van der Waals surface area contributed by atoms with E-state index in [2.05, 4.69) is 34.6 Å². The Kier molecular flexibility index (Phi) is 4.43. The zero-order valence-corrected chi connectivity index (χ0v) is 10.4. The summed E-state index contributed by atoms with van der Waals surface area (Å²) in [7, 11) is 3.21. The van der Waals surface area contributed by atoms with Crippen LogP contribution in [0.2, 0.25) is 0 Å². The van der Waals surface area contributed by atoms with Crippen LogP contribution in [0.5, 0.6) is 0 Å². The van der Waals surface area contributed by atoms with Gasteiger partial charge in [0.15, 0.2) is 0 Å². The molecule has 0 aliphatic heterocycles. The summed E-state index contributed by atoms with van der Waals surface area (Å²) in [5.41, 5.74) is 0.0666. The number of carbonyl (C=O) groups is 1. The molecular weight excluding hydrogens is 178 g/mol. The van der Waals surface area contributed by atoms with Gasteiger partial charge in [-0.25, -0.2) is 4.79 Å². The van der Waals surface area contributed by atoms with Crippen LogP contribution in [0.15, 0.2) is 0 Å². The lowest BCUT2D eigenvalue weighted by Crippen LogP contribution is -2.48. The molecule has 0 aliphatic carbocycles. The molecule has 0 saturated heterocycles. The van der Waals surface area contributed by atoms with E-state index in [1.54, 1.807) is 11.9 Å². The number of hydrogen-bond donors (Lipinski definition) is 0. The van der Waals surface area contributed by atoms with Crippen LogP contribution < -0.4 is 0 Å². The molecule has 3 nitrogen and oxygen atoms in total. The van der Waals surface area contributed by atoms with Gasteiger partial charge in [0, 0.05) is 13.1 Å². The molecule has 0 aliphatic rings. The predicted molar refractivity (Wildman–Crippen MR) is 58.2 cm³/mol. The molecule has 0 spiro atoms. The molecule has 84 valence electrons. The molecular formula is C11H23NO2. The smallest absolute Gasteiger partial charge is 0.409 e. The van der Waals surface area contributed by atoms with Gasteiger partial charge < -0.3 is 9.64 Å². The number of carbonyl (C=O) groups excluding carboxylic acids is 1. The fraction of sp³-hybridized carbons (Fsp3) is 0.909. The number of ether oxygens (including phenoxy) is 1. The Balaban J connectivity index is 4.76. The van der Waals surface area contributed by atoms with Crippen molar-refractivity contribution in [2.75, 3.05) is 14.2 Å². The Morgan fingerprint density at radius 2 is 1.71 bits per heavy atom. The van der Waals surface area contributed by atoms with Crippen LogP contribution in [0.3, 0.4) is 0 Å². The van der Waals surface area contributed by atoms with Gasteiger partial charge in [0.1, 0.15) is 0 Å². The van der Waals surface area contributed by atoms with Gasteiger partial charge in [0.25, 0.3) is 0 Å². The van der Waals surface area contributed by atoms with E-state index in [1.807, 2.05) is 0 Å². The maximum atomic E-state index is 11.4. The highest BCUT2D eigenvalue weighted by molar-refractivity contribution is 5.67. The third-order valence-corrected chi connectivity index (χ3v) is 2.40. The molecule has 0 aromatic heterocycles. The predicted octanol–water partition coefficient (Wildman–Crippen LogP) is 2.76. The van der Waals surface area contributed by atoms with Crippen LogP contribution in [0.1, 0.15) is 34.6 Å². The highest BCUT2D eigenvalue weighted by atomic mass is 16.5. The van der Waals surface area contributed by atoms with E-state index in [-0.39, 0.29) is 17.6 Å². The lowest BCUT2D eigenvalue weighted by molar-refractivity contribution is 0.0636. The number of nitrogens with zero attached hydrogens (tertiary/aromatic N) is 1. The quantitative estimate of drug-likeness (QED) is 0.687. The van der Waals surface area contributed by atoms with Crippen LogP contribution in [-0.4, -0.2) is 31.2 Å². The Bertz CT molecular complexity index is 194. The minimum Gasteiger partial charge on any atom is -0.453 e. The minimum absolute atomic E-state index is 0.0666. The van der Waals surface area contributed by atoms with Gasteiger partial charge in [-0.2, -0.15) is 0 Å². The van der Waals surface area contributed by atoms with Crippen molar-refractivity contribution in [1.82, 2.24) is 4.90 Å². The number of hydrogen-bond acceptors (Lipinski definition) is 2. The average Bonchev–Trinajstić information content (AvgIpc) is 1.99. The van der Waals surface area contributed by atoms with Crippen molar-refractivity contribution in [3.63, 3.8) is 0 Å². The van der Waals surface area contributed by atoms with Crippen molar-refractivity contribution in [2.45, 2.75) is 40.7 Å². The molecule has 0 bridgehead atoms. The average molecular weight is 201 g/mol. The Hall–Kier alpha value is -0.730. The molecule has 3 heteroatoms. The topological polar surface area (TPSA) is 29.5 Å². The van der Waals surface area contributed by atoms with E-state index >= 15 is 0 Å². The molecule has 1 amide bonds. The van der Waals surface area contributed by atoms with Crippen molar-refractivity contribution < 1.29 is 9.53 Å². The summed E-state index contributed by atoms with van der Waals surface area (Å²) in [5.74, 6) is 0.416. The van der Waals surface area contributed by atoms with Crippen molar-refractivity contribution in [1.29, 1.82) is 0 Å². The molecule has 0 aromatic rings. The first-order valence-corrected chi connectivity index (χ1v) is 5.02. The second kappa shape index (κ2) is 4.67.